The standard InChI is InChI=1S/C14H17NO2/c1-10(17-3)14(2,16)12-6-7-13-11(9-12)5-4-8-15-13/h4-10,16H,1-3H3. The van der Waals surface area contributed by atoms with Gasteiger partial charge in [-0.2, -0.15) is 0 Å². The fourth-order valence-electron chi connectivity index (χ4n) is 1.85. The van der Waals surface area contributed by atoms with Crippen molar-refractivity contribution in [2.75, 3.05) is 7.11 Å². The molecule has 1 heterocycles. The topological polar surface area (TPSA) is 42.4 Å². The molecule has 3 heteroatoms. The monoisotopic (exact) mass is 231 g/mol. The molecule has 2 rings (SSSR count). The van der Waals surface area contributed by atoms with E-state index in [1.165, 1.54) is 0 Å². The number of hydrogen-bond acceptors (Lipinski definition) is 3. The van der Waals surface area contributed by atoms with Gasteiger partial charge >= 0.3 is 0 Å². The minimum atomic E-state index is -1.00. The van der Waals surface area contributed by atoms with Gasteiger partial charge in [0.25, 0.3) is 0 Å². The number of aliphatic hydroxyl groups is 1. The van der Waals surface area contributed by atoms with Crippen LogP contribution in [0, 0.1) is 0 Å². The van der Waals surface area contributed by atoms with E-state index in [9.17, 15) is 5.11 Å². The first-order valence-electron chi connectivity index (χ1n) is 5.66. The van der Waals surface area contributed by atoms with Crippen molar-refractivity contribution in [3.05, 3.63) is 42.1 Å². The summed E-state index contributed by atoms with van der Waals surface area (Å²) in [6.07, 6.45) is 1.49. The highest BCUT2D eigenvalue weighted by molar-refractivity contribution is 5.79. The van der Waals surface area contributed by atoms with Crippen molar-refractivity contribution in [1.82, 2.24) is 4.98 Å². The molecule has 0 spiro atoms. The van der Waals surface area contributed by atoms with E-state index >= 15 is 0 Å². The molecule has 1 aromatic heterocycles. The van der Waals surface area contributed by atoms with Crippen LogP contribution in [0.25, 0.3) is 10.9 Å². The maximum Gasteiger partial charge on any atom is 0.113 e. The Kier molecular flexibility index (Phi) is 3.13. The minimum absolute atomic E-state index is 0.267. The van der Waals surface area contributed by atoms with Gasteiger partial charge in [-0.25, -0.2) is 0 Å². The first kappa shape index (κ1) is 12.0. The van der Waals surface area contributed by atoms with Gasteiger partial charge < -0.3 is 9.84 Å². The van der Waals surface area contributed by atoms with E-state index in [1.54, 1.807) is 20.2 Å². The van der Waals surface area contributed by atoms with E-state index in [0.29, 0.717) is 0 Å². The molecule has 0 aliphatic carbocycles. The Labute approximate surface area is 101 Å². The Hall–Kier alpha value is -1.45. The molecule has 0 aliphatic heterocycles. The second kappa shape index (κ2) is 4.43. The summed E-state index contributed by atoms with van der Waals surface area (Å²) in [5.41, 5.74) is 0.767. The molecule has 2 unspecified atom stereocenters. The van der Waals surface area contributed by atoms with Crippen LogP contribution in [-0.2, 0) is 10.3 Å². The predicted molar refractivity (Wildman–Crippen MR) is 67.8 cm³/mol. The second-order valence-electron chi connectivity index (χ2n) is 4.44. The van der Waals surface area contributed by atoms with Crippen LogP contribution in [0.1, 0.15) is 19.4 Å². The summed E-state index contributed by atoms with van der Waals surface area (Å²) in [4.78, 5) is 4.26. The molecular formula is C14H17NO2. The lowest BCUT2D eigenvalue weighted by Crippen LogP contribution is -2.35. The second-order valence-corrected chi connectivity index (χ2v) is 4.44. The smallest absolute Gasteiger partial charge is 0.113 e. The third-order valence-corrected chi connectivity index (χ3v) is 3.33. The number of hydrogen-bond donors (Lipinski definition) is 1. The average Bonchev–Trinajstić information content (AvgIpc) is 2.37. The first-order chi connectivity index (χ1) is 8.05. The van der Waals surface area contributed by atoms with Crippen molar-refractivity contribution in [3.8, 4) is 0 Å². The zero-order chi connectivity index (χ0) is 12.5. The van der Waals surface area contributed by atoms with E-state index in [4.69, 9.17) is 4.74 Å². The SMILES string of the molecule is COC(C)C(C)(O)c1ccc2ncccc2c1. The van der Waals surface area contributed by atoms with Gasteiger partial charge in [0.2, 0.25) is 0 Å². The first-order valence-corrected chi connectivity index (χ1v) is 5.66. The van der Waals surface area contributed by atoms with Crippen LogP contribution in [-0.4, -0.2) is 23.3 Å². The van der Waals surface area contributed by atoms with E-state index in [0.717, 1.165) is 16.5 Å². The van der Waals surface area contributed by atoms with Crippen molar-refractivity contribution in [1.29, 1.82) is 0 Å². The molecule has 2 atom stereocenters. The third-order valence-electron chi connectivity index (χ3n) is 3.33. The van der Waals surface area contributed by atoms with E-state index < -0.39 is 5.60 Å². The van der Waals surface area contributed by atoms with Gasteiger partial charge in [0.05, 0.1) is 11.6 Å². The molecule has 0 amide bonds. The molecule has 0 saturated carbocycles. The number of benzene rings is 1. The van der Waals surface area contributed by atoms with Gasteiger partial charge in [0, 0.05) is 18.7 Å². The molecule has 17 heavy (non-hydrogen) atoms. The number of methoxy groups -OCH3 is 1. The molecule has 0 aliphatic rings. The van der Waals surface area contributed by atoms with Crippen LogP contribution >= 0.6 is 0 Å². The van der Waals surface area contributed by atoms with Crippen LogP contribution in [0.4, 0.5) is 0 Å². The zero-order valence-corrected chi connectivity index (χ0v) is 10.3. The van der Waals surface area contributed by atoms with Gasteiger partial charge in [-0.3, -0.25) is 4.98 Å². The molecule has 0 fully saturated rings. The molecule has 1 aromatic carbocycles. The summed E-state index contributed by atoms with van der Waals surface area (Å²) < 4.78 is 5.22. The fourth-order valence-corrected chi connectivity index (χ4v) is 1.85. The highest BCUT2D eigenvalue weighted by atomic mass is 16.5. The number of fused-ring (bicyclic) bond motifs is 1. The average molecular weight is 231 g/mol. The van der Waals surface area contributed by atoms with Crippen LogP contribution in [0.5, 0.6) is 0 Å². The Balaban J connectivity index is 2.49. The molecule has 3 nitrogen and oxygen atoms in total. The van der Waals surface area contributed by atoms with E-state index in [2.05, 4.69) is 4.98 Å². The number of pyridine rings is 1. The van der Waals surface area contributed by atoms with Crippen molar-refractivity contribution in [2.45, 2.75) is 25.6 Å². The van der Waals surface area contributed by atoms with Crippen molar-refractivity contribution in [3.63, 3.8) is 0 Å². The summed E-state index contributed by atoms with van der Waals surface area (Å²) in [7, 11) is 1.60. The van der Waals surface area contributed by atoms with Crippen molar-refractivity contribution in [2.24, 2.45) is 0 Å². The Morgan fingerprint density at radius 1 is 1.35 bits per heavy atom. The zero-order valence-electron chi connectivity index (χ0n) is 10.3. The largest absolute Gasteiger partial charge is 0.383 e. The molecule has 0 saturated heterocycles. The summed E-state index contributed by atoms with van der Waals surface area (Å²) in [6, 6.07) is 9.64. The maximum absolute atomic E-state index is 10.5. The van der Waals surface area contributed by atoms with Crippen LogP contribution in [0.15, 0.2) is 36.5 Å². The van der Waals surface area contributed by atoms with Crippen molar-refractivity contribution < 1.29 is 9.84 Å². The highest BCUT2D eigenvalue weighted by Gasteiger charge is 2.30. The molecule has 0 bridgehead atoms. The van der Waals surface area contributed by atoms with Crippen LogP contribution < -0.4 is 0 Å². The maximum atomic E-state index is 10.5. The number of aromatic nitrogens is 1. The summed E-state index contributed by atoms with van der Waals surface area (Å²) in [5, 5.41) is 11.5. The molecule has 90 valence electrons. The molecule has 0 radical (unpaired) electrons. The molecular weight excluding hydrogens is 214 g/mol. The lowest BCUT2D eigenvalue weighted by molar-refractivity contribution is -0.0771. The highest BCUT2D eigenvalue weighted by Crippen LogP contribution is 2.28. The number of rotatable bonds is 3. The lowest BCUT2D eigenvalue weighted by Gasteiger charge is -2.29. The fraction of sp³-hybridized carbons (Fsp3) is 0.357. The van der Waals surface area contributed by atoms with Crippen LogP contribution in [0.2, 0.25) is 0 Å². The Morgan fingerprint density at radius 2 is 2.12 bits per heavy atom. The van der Waals surface area contributed by atoms with E-state index in [-0.39, 0.29) is 6.10 Å². The number of nitrogens with zero attached hydrogens (tertiary/aromatic N) is 1. The van der Waals surface area contributed by atoms with Gasteiger partial charge in [-0.15, -0.1) is 0 Å². The minimum Gasteiger partial charge on any atom is -0.383 e. The summed E-state index contributed by atoms with van der Waals surface area (Å²) in [6.45, 7) is 3.62. The Bertz CT molecular complexity index is 522. The van der Waals surface area contributed by atoms with Gasteiger partial charge in [-0.1, -0.05) is 12.1 Å². The predicted octanol–water partition coefficient (Wildman–Crippen LogP) is 2.48. The van der Waals surface area contributed by atoms with Gasteiger partial charge in [-0.05, 0) is 37.6 Å². The van der Waals surface area contributed by atoms with E-state index in [1.807, 2.05) is 37.3 Å². The lowest BCUT2D eigenvalue weighted by atomic mass is 9.90. The van der Waals surface area contributed by atoms with Gasteiger partial charge in [0.15, 0.2) is 0 Å². The normalized spacial score (nSPS) is 16.7. The number of ether oxygens (including phenoxy) is 1. The molecule has 1 N–H and O–H groups in total. The summed E-state index contributed by atoms with van der Waals surface area (Å²) >= 11 is 0. The Morgan fingerprint density at radius 3 is 2.82 bits per heavy atom. The quantitative estimate of drug-likeness (QED) is 0.882. The third kappa shape index (κ3) is 2.16. The molecule has 2 aromatic rings. The summed E-state index contributed by atoms with van der Waals surface area (Å²) in [5.74, 6) is 0. The van der Waals surface area contributed by atoms with Crippen molar-refractivity contribution >= 4 is 10.9 Å². The van der Waals surface area contributed by atoms with Crippen LogP contribution in [0.3, 0.4) is 0 Å². The van der Waals surface area contributed by atoms with Gasteiger partial charge in [0.1, 0.15) is 5.60 Å².